The van der Waals surface area contributed by atoms with Gasteiger partial charge in [0, 0.05) is 24.3 Å². The van der Waals surface area contributed by atoms with Crippen LogP contribution in [-0.2, 0) is 0 Å². The lowest BCUT2D eigenvalue weighted by Gasteiger charge is -1.63. The van der Waals surface area contributed by atoms with Crippen molar-refractivity contribution in [3.8, 4) is 0 Å². The molecular formula is C10H13ClN2. The molecule has 2 nitrogen and oxygen atoms in total. The SMILES string of the molecule is [Cl-].[H-].c1cc[nH+]cc1.c1cc[nH+]cc1. The van der Waals surface area contributed by atoms with Crippen LogP contribution in [0.5, 0.6) is 0 Å². The molecule has 0 aliphatic carbocycles. The first-order chi connectivity index (χ1) is 6.00. The van der Waals surface area contributed by atoms with E-state index in [4.69, 9.17) is 0 Å². The van der Waals surface area contributed by atoms with E-state index in [9.17, 15) is 0 Å². The minimum absolute atomic E-state index is 0. The standard InChI is InChI=1S/2C5H5N.ClH.H/c2*1-2-4-6-5-3-1;;/h2*1-5H;1H;/q;;;-1/p+1. The molecule has 0 aromatic carbocycles. The number of halogens is 1. The second-order valence-electron chi connectivity index (χ2n) is 2.15. The average Bonchev–Trinajstić information content (AvgIpc) is 2.24. The zero-order valence-corrected chi connectivity index (χ0v) is 7.91. The Morgan fingerprint density at radius 1 is 0.538 bits per heavy atom. The lowest BCUT2D eigenvalue weighted by molar-refractivity contribution is -0.378. The maximum absolute atomic E-state index is 2.89. The number of hydrogen-bond donors (Lipinski definition) is 0. The maximum Gasteiger partial charge on any atom is 0.166 e. The first-order valence-electron chi connectivity index (χ1n) is 3.82. The van der Waals surface area contributed by atoms with Crippen molar-refractivity contribution in [2.24, 2.45) is 0 Å². The Morgan fingerprint density at radius 2 is 0.846 bits per heavy atom. The second kappa shape index (κ2) is 8.68. The summed E-state index contributed by atoms with van der Waals surface area (Å²) in [6.45, 7) is 0. The van der Waals surface area contributed by atoms with Crippen LogP contribution >= 0.6 is 0 Å². The first kappa shape index (κ1) is 11.6. The summed E-state index contributed by atoms with van der Waals surface area (Å²) in [5, 5.41) is 0. The molecule has 0 amide bonds. The van der Waals surface area contributed by atoms with Gasteiger partial charge in [-0.2, -0.15) is 0 Å². The highest BCUT2D eigenvalue weighted by atomic mass is 35.5. The number of pyridine rings is 2. The van der Waals surface area contributed by atoms with Crippen LogP contribution in [0.25, 0.3) is 0 Å². The third-order valence-electron chi connectivity index (χ3n) is 1.21. The molecule has 0 radical (unpaired) electrons. The topological polar surface area (TPSA) is 28.3 Å². The van der Waals surface area contributed by atoms with E-state index in [2.05, 4.69) is 9.97 Å². The van der Waals surface area contributed by atoms with E-state index in [0.717, 1.165) is 0 Å². The Morgan fingerprint density at radius 3 is 0.923 bits per heavy atom. The van der Waals surface area contributed by atoms with Crippen LogP contribution in [0.4, 0.5) is 0 Å². The molecule has 2 heterocycles. The van der Waals surface area contributed by atoms with Crippen LogP contribution in [0.2, 0.25) is 0 Å². The van der Waals surface area contributed by atoms with Gasteiger partial charge in [-0.1, -0.05) is 12.1 Å². The molecule has 13 heavy (non-hydrogen) atoms. The number of nitrogens with one attached hydrogen (secondary N) is 2. The number of aromatic amines is 2. The molecule has 0 saturated carbocycles. The predicted octanol–water partition coefficient (Wildman–Crippen LogP) is -1.88. The monoisotopic (exact) mass is 196 g/mol. The van der Waals surface area contributed by atoms with Gasteiger partial charge < -0.3 is 13.8 Å². The zero-order valence-electron chi connectivity index (χ0n) is 8.15. The Bertz CT molecular complexity index is 194. The molecule has 0 bridgehead atoms. The number of hydrogen-bond acceptors (Lipinski definition) is 0. The average molecular weight is 197 g/mol. The van der Waals surface area contributed by atoms with Crippen LogP contribution in [0.3, 0.4) is 0 Å². The van der Waals surface area contributed by atoms with Gasteiger partial charge in [-0.3, -0.25) is 0 Å². The largest absolute Gasteiger partial charge is 1.00 e. The number of aromatic nitrogens is 2. The lowest BCUT2D eigenvalue weighted by atomic mass is 10.5. The van der Waals surface area contributed by atoms with Crippen LogP contribution in [0, 0.1) is 0 Å². The summed E-state index contributed by atoms with van der Waals surface area (Å²) in [7, 11) is 0. The van der Waals surface area contributed by atoms with Crippen LogP contribution < -0.4 is 22.4 Å². The van der Waals surface area contributed by atoms with Crippen LogP contribution in [-0.4, -0.2) is 0 Å². The van der Waals surface area contributed by atoms with Crippen LogP contribution in [0.1, 0.15) is 1.43 Å². The molecule has 0 spiro atoms. The van der Waals surface area contributed by atoms with Crippen molar-refractivity contribution in [1.82, 2.24) is 0 Å². The van der Waals surface area contributed by atoms with Gasteiger partial charge in [-0.25, -0.2) is 9.97 Å². The summed E-state index contributed by atoms with van der Waals surface area (Å²) >= 11 is 0. The smallest absolute Gasteiger partial charge is 0.166 e. The second-order valence-corrected chi connectivity index (χ2v) is 2.15. The molecule has 0 aliphatic heterocycles. The van der Waals surface area contributed by atoms with Crippen molar-refractivity contribution in [2.75, 3.05) is 0 Å². The van der Waals surface area contributed by atoms with Crippen molar-refractivity contribution >= 4 is 0 Å². The zero-order chi connectivity index (χ0) is 8.49. The normalized spacial score (nSPS) is 7.38. The van der Waals surface area contributed by atoms with Gasteiger partial charge >= 0.3 is 0 Å². The molecule has 0 unspecified atom stereocenters. The predicted molar refractivity (Wildman–Crippen MR) is 47.1 cm³/mol. The van der Waals surface area contributed by atoms with Gasteiger partial charge in [-0.05, 0) is 0 Å². The minimum atomic E-state index is 0. The third kappa shape index (κ3) is 6.97. The lowest BCUT2D eigenvalue weighted by Crippen LogP contribution is -3.00. The highest BCUT2D eigenvalue weighted by Crippen LogP contribution is 1.68. The summed E-state index contributed by atoms with van der Waals surface area (Å²) in [6, 6.07) is 11.7. The molecule has 2 rings (SSSR count). The van der Waals surface area contributed by atoms with E-state index < -0.39 is 0 Å². The molecule has 0 fully saturated rings. The fraction of sp³-hybridized carbons (Fsp3) is 0. The van der Waals surface area contributed by atoms with Gasteiger partial charge in [-0.15, -0.1) is 0 Å². The van der Waals surface area contributed by atoms with Crippen molar-refractivity contribution in [2.45, 2.75) is 0 Å². The minimum Gasteiger partial charge on any atom is -1.00 e. The third-order valence-corrected chi connectivity index (χ3v) is 1.21. The Hall–Kier alpha value is -1.41. The van der Waals surface area contributed by atoms with Gasteiger partial charge in [0.1, 0.15) is 0 Å². The maximum atomic E-state index is 2.89. The van der Waals surface area contributed by atoms with E-state index in [1.807, 2.05) is 61.2 Å². The summed E-state index contributed by atoms with van der Waals surface area (Å²) in [5.41, 5.74) is 0. The molecule has 2 aromatic rings. The van der Waals surface area contributed by atoms with Crippen molar-refractivity contribution in [3.63, 3.8) is 0 Å². The fourth-order valence-corrected chi connectivity index (χ4v) is 0.684. The van der Waals surface area contributed by atoms with E-state index >= 15 is 0 Å². The molecule has 2 N–H and O–H groups in total. The van der Waals surface area contributed by atoms with E-state index in [1.54, 1.807) is 0 Å². The molecule has 0 aliphatic rings. The Balaban J connectivity index is 0. The molecule has 0 saturated heterocycles. The number of rotatable bonds is 0. The van der Waals surface area contributed by atoms with Gasteiger partial charge in [0.25, 0.3) is 0 Å². The molecule has 70 valence electrons. The van der Waals surface area contributed by atoms with Crippen molar-refractivity contribution in [1.29, 1.82) is 0 Å². The fourth-order valence-electron chi connectivity index (χ4n) is 0.684. The number of H-pyrrole nitrogens is 2. The summed E-state index contributed by atoms with van der Waals surface area (Å²) in [5.74, 6) is 0. The van der Waals surface area contributed by atoms with Gasteiger partial charge in [0.15, 0.2) is 24.8 Å². The highest BCUT2D eigenvalue weighted by molar-refractivity contribution is 4.83. The van der Waals surface area contributed by atoms with Crippen LogP contribution in [0.15, 0.2) is 61.2 Å². The van der Waals surface area contributed by atoms with E-state index in [1.165, 1.54) is 0 Å². The highest BCUT2D eigenvalue weighted by Gasteiger charge is 1.66. The van der Waals surface area contributed by atoms with Gasteiger partial charge in [0.05, 0.1) is 0 Å². The van der Waals surface area contributed by atoms with Crippen molar-refractivity contribution < 1.29 is 23.8 Å². The quantitative estimate of drug-likeness (QED) is 0.472. The summed E-state index contributed by atoms with van der Waals surface area (Å²) in [6.07, 6.45) is 7.50. The molecule has 3 heteroatoms. The van der Waals surface area contributed by atoms with E-state index in [0.29, 0.717) is 0 Å². The Labute approximate surface area is 85.6 Å². The molecular weight excluding hydrogens is 184 g/mol. The molecule has 2 aromatic heterocycles. The van der Waals surface area contributed by atoms with E-state index in [-0.39, 0.29) is 13.8 Å². The first-order valence-corrected chi connectivity index (χ1v) is 3.82. The van der Waals surface area contributed by atoms with Gasteiger partial charge in [0.2, 0.25) is 0 Å². The molecule has 0 atom stereocenters. The van der Waals surface area contributed by atoms with Crippen molar-refractivity contribution in [3.05, 3.63) is 61.2 Å². The Kier molecular flexibility index (Phi) is 7.74. The summed E-state index contributed by atoms with van der Waals surface area (Å²) in [4.78, 5) is 5.78. The summed E-state index contributed by atoms with van der Waals surface area (Å²) < 4.78 is 0.